The Bertz CT molecular complexity index is 611. The van der Waals surface area contributed by atoms with Crippen molar-refractivity contribution in [3.8, 4) is 0 Å². The second kappa shape index (κ2) is 5.49. The van der Waals surface area contributed by atoms with Crippen molar-refractivity contribution in [3.05, 3.63) is 40.9 Å². The van der Waals surface area contributed by atoms with Crippen molar-refractivity contribution in [2.75, 3.05) is 10.6 Å². The van der Waals surface area contributed by atoms with Gasteiger partial charge in [-0.15, -0.1) is 11.3 Å². The van der Waals surface area contributed by atoms with Crippen LogP contribution in [0.4, 0.5) is 15.6 Å². The third-order valence-electron chi connectivity index (χ3n) is 2.39. The van der Waals surface area contributed by atoms with E-state index in [2.05, 4.69) is 15.6 Å². The van der Waals surface area contributed by atoms with Crippen LogP contribution in [-0.4, -0.2) is 22.1 Å². The molecule has 0 aliphatic heterocycles. The fraction of sp³-hybridized carbons (Fsp3) is 0.0833. The van der Waals surface area contributed by atoms with Crippen molar-refractivity contribution in [1.82, 2.24) is 4.98 Å². The quantitative estimate of drug-likeness (QED) is 0.804. The molecule has 1 aromatic heterocycles. The first kappa shape index (κ1) is 13.0. The minimum absolute atomic E-state index is 0.0804. The number of hydrogen-bond acceptors (Lipinski definition) is 4. The third kappa shape index (κ3) is 3.08. The highest BCUT2D eigenvalue weighted by atomic mass is 32.1. The van der Waals surface area contributed by atoms with E-state index in [-0.39, 0.29) is 11.3 Å². The minimum atomic E-state index is -1.08. The summed E-state index contributed by atoms with van der Waals surface area (Å²) in [7, 11) is 0. The fourth-order valence-corrected chi connectivity index (χ4v) is 2.12. The first-order chi connectivity index (χ1) is 9.08. The van der Waals surface area contributed by atoms with Crippen LogP contribution in [0.15, 0.2) is 29.8 Å². The molecule has 0 saturated heterocycles. The van der Waals surface area contributed by atoms with Gasteiger partial charge in [-0.3, -0.25) is 5.32 Å². The number of nitrogens with zero attached hydrogens (tertiary/aromatic N) is 1. The van der Waals surface area contributed by atoms with Crippen molar-refractivity contribution >= 4 is 34.2 Å². The molecule has 1 aromatic carbocycles. The molecule has 0 aliphatic carbocycles. The summed E-state index contributed by atoms with van der Waals surface area (Å²) in [4.78, 5) is 26.8. The van der Waals surface area contributed by atoms with Crippen LogP contribution >= 0.6 is 11.3 Å². The average molecular weight is 277 g/mol. The highest BCUT2D eigenvalue weighted by Gasteiger charge is 2.15. The lowest BCUT2D eigenvalue weighted by atomic mass is 10.1. The van der Waals surface area contributed by atoms with Gasteiger partial charge in [0.05, 0.1) is 11.3 Å². The molecule has 6 nitrogen and oxygen atoms in total. The topological polar surface area (TPSA) is 91.3 Å². The Morgan fingerprint density at radius 3 is 2.74 bits per heavy atom. The van der Waals surface area contributed by atoms with Gasteiger partial charge < -0.3 is 10.4 Å². The number of carbonyl (C=O) groups is 2. The van der Waals surface area contributed by atoms with Gasteiger partial charge in [0.25, 0.3) is 0 Å². The number of aromatic carboxylic acids is 1. The Hall–Kier alpha value is -2.41. The molecule has 0 radical (unpaired) electrons. The van der Waals surface area contributed by atoms with E-state index in [1.807, 2.05) is 0 Å². The maximum Gasteiger partial charge on any atom is 0.338 e. The molecular formula is C12H11N3O3S. The van der Waals surface area contributed by atoms with Crippen molar-refractivity contribution in [1.29, 1.82) is 0 Å². The molecule has 3 N–H and O–H groups in total. The summed E-state index contributed by atoms with van der Waals surface area (Å²) < 4.78 is 0. The van der Waals surface area contributed by atoms with E-state index in [9.17, 15) is 9.59 Å². The molecule has 98 valence electrons. The second-order valence-corrected chi connectivity index (χ2v) is 4.61. The van der Waals surface area contributed by atoms with Crippen molar-refractivity contribution in [2.45, 2.75) is 6.92 Å². The van der Waals surface area contributed by atoms with Gasteiger partial charge in [0.2, 0.25) is 0 Å². The van der Waals surface area contributed by atoms with Crippen LogP contribution in [0.3, 0.4) is 0 Å². The number of carboxylic acid groups (broad SMARTS) is 1. The van der Waals surface area contributed by atoms with E-state index in [1.54, 1.807) is 30.6 Å². The number of carbonyl (C=O) groups excluding carboxylic acids is 1. The van der Waals surface area contributed by atoms with Crippen LogP contribution in [0.25, 0.3) is 0 Å². The molecule has 0 unspecified atom stereocenters. The molecule has 1 heterocycles. The molecule has 0 bridgehead atoms. The first-order valence-electron chi connectivity index (χ1n) is 5.38. The third-order valence-corrected chi connectivity index (χ3v) is 3.08. The number of nitrogens with one attached hydrogen (secondary N) is 2. The lowest BCUT2D eigenvalue weighted by molar-refractivity contribution is 0.0697. The van der Waals surface area contributed by atoms with Crippen molar-refractivity contribution < 1.29 is 14.7 Å². The number of rotatable bonds is 3. The monoisotopic (exact) mass is 277 g/mol. The lowest BCUT2D eigenvalue weighted by Crippen LogP contribution is -2.21. The maximum absolute atomic E-state index is 11.7. The smallest absolute Gasteiger partial charge is 0.338 e. The van der Waals surface area contributed by atoms with Crippen LogP contribution in [0.1, 0.15) is 15.9 Å². The van der Waals surface area contributed by atoms with E-state index >= 15 is 0 Å². The second-order valence-electron chi connectivity index (χ2n) is 3.72. The minimum Gasteiger partial charge on any atom is -0.478 e. The number of thiazole rings is 1. The molecule has 19 heavy (non-hydrogen) atoms. The van der Waals surface area contributed by atoms with Gasteiger partial charge in [-0.1, -0.05) is 12.1 Å². The van der Waals surface area contributed by atoms with E-state index < -0.39 is 12.0 Å². The Morgan fingerprint density at radius 2 is 2.11 bits per heavy atom. The van der Waals surface area contributed by atoms with Gasteiger partial charge in [-0.2, -0.15) is 0 Å². The Balaban J connectivity index is 2.17. The molecular weight excluding hydrogens is 266 g/mol. The lowest BCUT2D eigenvalue weighted by Gasteiger charge is -2.10. The molecule has 0 atom stereocenters. The van der Waals surface area contributed by atoms with Crippen LogP contribution in [0, 0.1) is 6.92 Å². The van der Waals surface area contributed by atoms with E-state index in [0.717, 1.165) is 0 Å². The summed E-state index contributed by atoms with van der Waals surface area (Å²) in [5, 5.41) is 16.3. The Labute approximate surface area is 113 Å². The molecule has 2 rings (SSSR count). The van der Waals surface area contributed by atoms with E-state index in [4.69, 9.17) is 5.11 Å². The maximum atomic E-state index is 11.7. The number of aryl methyl sites for hydroxylation is 1. The van der Waals surface area contributed by atoms with Crippen LogP contribution in [0.5, 0.6) is 0 Å². The molecule has 0 fully saturated rings. The van der Waals surface area contributed by atoms with Crippen molar-refractivity contribution in [2.24, 2.45) is 0 Å². The molecule has 2 amide bonds. The van der Waals surface area contributed by atoms with Crippen molar-refractivity contribution in [3.63, 3.8) is 0 Å². The standard InChI is InChI=1S/C12H11N3O3S/c1-7-3-2-4-8(9(7)10(16)17)14-11(18)15-12-13-5-6-19-12/h2-6H,1H3,(H,16,17)(H2,13,14,15,18). The predicted octanol–water partition coefficient (Wildman–Crippen LogP) is 2.79. The summed E-state index contributed by atoms with van der Waals surface area (Å²) in [5.41, 5.74) is 0.915. The summed E-state index contributed by atoms with van der Waals surface area (Å²) >= 11 is 1.28. The van der Waals surface area contributed by atoms with Gasteiger partial charge in [-0.05, 0) is 18.6 Å². The number of anilines is 2. The zero-order valence-corrected chi connectivity index (χ0v) is 10.8. The highest BCUT2D eigenvalue weighted by molar-refractivity contribution is 7.13. The van der Waals surface area contributed by atoms with E-state index in [1.165, 1.54) is 17.4 Å². The average Bonchev–Trinajstić information content (AvgIpc) is 2.81. The molecule has 0 spiro atoms. The summed E-state index contributed by atoms with van der Waals surface area (Å²) in [6.07, 6.45) is 1.57. The Morgan fingerprint density at radius 1 is 1.32 bits per heavy atom. The summed E-state index contributed by atoms with van der Waals surface area (Å²) in [5.74, 6) is -1.08. The van der Waals surface area contributed by atoms with Gasteiger partial charge in [-0.25, -0.2) is 14.6 Å². The Kier molecular flexibility index (Phi) is 3.76. The normalized spacial score (nSPS) is 9.95. The predicted molar refractivity (Wildman–Crippen MR) is 72.9 cm³/mol. The number of urea groups is 1. The molecule has 0 saturated carbocycles. The van der Waals surface area contributed by atoms with E-state index in [0.29, 0.717) is 10.7 Å². The number of carboxylic acids is 1. The van der Waals surface area contributed by atoms with Crippen LogP contribution in [-0.2, 0) is 0 Å². The molecule has 7 heteroatoms. The largest absolute Gasteiger partial charge is 0.478 e. The van der Waals surface area contributed by atoms with Crippen LogP contribution in [0.2, 0.25) is 0 Å². The number of aromatic nitrogens is 1. The van der Waals surface area contributed by atoms with Crippen LogP contribution < -0.4 is 10.6 Å². The zero-order valence-electron chi connectivity index (χ0n) is 10.0. The highest BCUT2D eigenvalue weighted by Crippen LogP contribution is 2.20. The first-order valence-corrected chi connectivity index (χ1v) is 6.26. The zero-order chi connectivity index (χ0) is 13.8. The number of amides is 2. The summed E-state index contributed by atoms with van der Waals surface area (Å²) in [6, 6.07) is 4.37. The van der Waals surface area contributed by atoms with Gasteiger partial charge in [0, 0.05) is 11.6 Å². The van der Waals surface area contributed by atoms with Gasteiger partial charge in [0.15, 0.2) is 5.13 Å². The fourth-order valence-electron chi connectivity index (χ4n) is 1.59. The molecule has 0 aliphatic rings. The molecule has 2 aromatic rings. The number of hydrogen-bond donors (Lipinski definition) is 3. The SMILES string of the molecule is Cc1cccc(NC(=O)Nc2nccs2)c1C(=O)O. The number of benzene rings is 1. The summed E-state index contributed by atoms with van der Waals surface area (Å²) in [6.45, 7) is 1.67. The van der Waals surface area contributed by atoms with Gasteiger partial charge in [0.1, 0.15) is 0 Å². The van der Waals surface area contributed by atoms with Gasteiger partial charge >= 0.3 is 12.0 Å².